The largest absolute Gasteiger partial charge is 0.336 e. The molecule has 0 saturated carbocycles. The Kier molecular flexibility index (Phi) is 8.67. The van der Waals surface area contributed by atoms with Crippen LogP contribution in [0.3, 0.4) is 0 Å². The highest BCUT2D eigenvalue weighted by molar-refractivity contribution is 7.99. The van der Waals surface area contributed by atoms with Gasteiger partial charge in [0, 0.05) is 46.0 Å². The van der Waals surface area contributed by atoms with Gasteiger partial charge in [-0.3, -0.25) is 4.79 Å². The zero-order valence-electron chi connectivity index (χ0n) is 16.9. The van der Waals surface area contributed by atoms with Crippen molar-refractivity contribution in [3.05, 3.63) is 76.8 Å². The summed E-state index contributed by atoms with van der Waals surface area (Å²) in [6.07, 6.45) is 9.18. The van der Waals surface area contributed by atoms with E-state index in [1.165, 1.54) is 0 Å². The molecule has 0 bridgehead atoms. The smallest absolute Gasteiger partial charge is 0.224 e. The number of hydrogen-bond acceptors (Lipinski definition) is 3. The molecule has 3 rings (SSSR count). The van der Waals surface area contributed by atoms with Gasteiger partial charge in [0.15, 0.2) is 0 Å². The van der Waals surface area contributed by atoms with Crippen molar-refractivity contribution >= 4 is 46.6 Å². The Hall–Kier alpha value is -1.95. The molecule has 0 aliphatic heterocycles. The first-order valence-corrected chi connectivity index (χ1v) is 11.7. The van der Waals surface area contributed by atoms with Crippen LogP contribution in [0.25, 0.3) is 0 Å². The van der Waals surface area contributed by atoms with E-state index in [2.05, 4.69) is 17.2 Å². The van der Waals surface area contributed by atoms with Gasteiger partial charge in [-0.05, 0) is 48.4 Å². The number of aromatic nitrogens is 2. The van der Waals surface area contributed by atoms with Crippen LogP contribution in [0, 0.1) is 0 Å². The SMILES string of the molecule is CCCCCC(=O)Nc1ccc(SC(Cn2ccnc2)c2ccc(Cl)cc2Cl)cc1. The van der Waals surface area contributed by atoms with Gasteiger partial charge >= 0.3 is 0 Å². The van der Waals surface area contributed by atoms with Crippen LogP contribution in [-0.4, -0.2) is 15.5 Å². The third-order valence-electron chi connectivity index (χ3n) is 4.67. The monoisotopic (exact) mass is 461 g/mol. The minimum absolute atomic E-state index is 0.0646. The molecule has 4 nitrogen and oxygen atoms in total. The quantitative estimate of drug-likeness (QED) is 0.255. The molecular weight excluding hydrogens is 437 g/mol. The molecule has 0 radical (unpaired) electrons. The Balaban J connectivity index is 1.70. The number of amides is 1. The molecule has 7 heteroatoms. The molecule has 0 fully saturated rings. The van der Waals surface area contributed by atoms with Gasteiger partial charge in [-0.15, -0.1) is 11.8 Å². The number of carbonyl (C=O) groups excluding carboxylic acids is 1. The number of thioether (sulfide) groups is 1. The van der Waals surface area contributed by atoms with Crippen molar-refractivity contribution in [2.45, 2.75) is 49.3 Å². The van der Waals surface area contributed by atoms with Crippen molar-refractivity contribution in [3.63, 3.8) is 0 Å². The van der Waals surface area contributed by atoms with E-state index in [0.29, 0.717) is 16.5 Å². The summed E-state index contributed by atoms with van der Waals surface area (Å²) in [4.78, 5) is 17.3. The molecule has 0 aliphatic rings. The maximum atomic E-state index is 12.0. The van der Waals surface area contributed by atoms with E-state index >= 15 is 0 Å². The second kappa shape index (κ2) is 11.4. The molecule has 1 amide bonds. The first-order chi connectivity index (χ1) is 14.5. The van der Waals surface area contributed by atoms with Gasteiger partial charge < -0.3 is 9.88 Å². The molecule has 0 spiro atoms. The third kappa shape index (κ3) is 6.79. The molecule has 0 aliphatic carbocycles. The van der Waals surface area contributed by atoms with Crippen molar-refractivity contribution in [2.24, 2.45) is 0 Å². The summed E-state index contributed by atoms with van der Waals surface area (Å²) >= 11 is 14.3. The summed E-state index contributed by atoms with van der Waals surface area (Å²) in [5, 5.41) is 4.32. The van der Waals surface area contributed by atoms with Crippen LogP contribution in [0.5, 0.6) is 0 Å². The van der Waals surface area contributed by atoms with E-state index in [1.54, 1.807) is 30.4 Å². The number of halogens is 2. The number of anilines is 1. The Morgan fingerprint density at radius 1 is 1.17 bits per heavy atom. The van der Waals surface area contributed by atoms with E-state index in [9.17, 15) is 4.79 Å². The first kappa shape index (κ1) is 22.7. The Bertz CT molecular complexity index is 946. The maximum Gasteiger partial charge on any atom is 0.224 e. The second-order valence-electron chi connectivity index (χ2n) is 7.06. The van der Waals surface area contributed by atoms with Gasteiger partial charge in [-0.25, -0.2) is 4.98 Å². The molecule has 1 unspecified atom stereocenters. The number of rotatable bonds is 10. The van der Waals surface area contributed by atoms with Crippen LogP contribution >= 0.6 is 35.0 Å². The van der Waals surface area contributed by atoms with Gasteiger partial charge in [0.2, 0.25) is 5.91 Å². The van der Waals surface area contributed by atoms with E-state index in [1.807, 2.05) is 47.2 Å². The van der Waals surface area contributed by atoms with Gasteiger partial charge in [-0.1, -0.05) is 49.0 Å². The van der Waals surface area contributed by atoms with E-state index in [4.69, 9.17) is 23.2 Å². The highest BCUT2D eigenvalue weighted by atomic mass is 35.5. The van der Waals surface area contributed by atoms with E-state index in [0.717, 1.165) is 42.0 Å². The maximum absolute atomic E-state index is 12.0. The van der Waals surface area contributed by atoms with Crippen LogP contribution in [0.15, 0.2) is 66.1 Å². The Labute approximate surface area is 192 Å². The van der Waals surface area contributed by atoms with Crippen molar-refractivity contribution in [1.82, 2.24) is 9.55 Å². The van der Waals surface area contributed by atoms with Crippen LogP contribution in [0.2, 0.25) is 10.0 Å². The molecule has 2 aromatic carbocycles. The summed E-state index contributed by atoms with van der Waals surface area (Å²) in [5.41, 5.74) is 1.84. The number of imidazole rings is 1. The van der Waals surface area contributed by atoms with Gasteiger partial charge in [-0.2, -0.15) is 0 Å². The van der Waals surface area contributed by atoms with Crippen LogP contribution in [0.1, 0.15) is 43.4 Å². The zero-order chi connectivity index (χ0) is 21.3. The number of carbonyl (C=O) groups is 1. The highest BCUT2D eigenvalue weighted by Crippen LogP contribution is 2.40. The molecule has 158 valence electrons. The van der Waals surface area contributed by atoms with Crippen molar-refractivity contribution in [2.75, 3.05) is 5.32 Å². The normalized spacial score (nSPS) is 12.0. The summed E-state index contributed by atoms with van der Waals surface area (Å²) < 4.78 is 2.04. The molecule has 3 aromatic rings. The summed E-state index contributed by atoms with van der Waals surface area (Å²) in [6, 6.07) is 13.5. The third-order valence-corrected chi connectivity index (χ3v) is 6.46. The molecule has 1 N–H and O–H groups in total. The van der Waals surface area contributed by atoms with E-state index < -0.39 is 0 Å². The predicted molar refractivity (Wildman–Crippen MR) is 127 cm³/mol. The second-order valence-corrected chi connectivity index (χ2v) is 9.18. The Morgan fingerprint density at radius 2 is 1.97 bits per heavy atom. The first-order valence-electron chi connectivity index (χ1n) is 10.0. The molecule has 1 heterocycles. The summed E-state index contributed by atoms with van der Waals surface area (Å²) in [6.45, 7) is 2.85. The lowest BCUT2D eigenvalue weighted by atomic mass is 10.1. The highest BCUT2D eigenvalue weighted by Gasteiger charge is 2.18. The fourth-order valence-electron chi connectivity index (χ4n) is 3.09. The fourth-order valence-corrected chi connectivity index (χ4v) is 4.89. The molecule has 1 aromatic heterocycles. The van der Waals surface area contributed by atoms with Crippen LogP contribution in [0.4, 0.5) is 5.69 Å². The summed E-state index contributed by atoms with van der Waals surface area (Å²) in [5.74, 6) is 0.0646. The molecule has 1 atom stereocenters. The standard InChI is InChI=1S/C23H25Cl2N3OS/c1-2-3-4-5-23(29)27-18-7-9-19(10-8-18)30-22(15-28-13-12-26-16-28)20-11-6-17(24)14-21(20)25/h6-14,16,22H,2-5,15H2,1H3,(H,27,29). The van der Waals surface area contributed by atoms with Gasteiger partial charge in [0.05, 0.1) is 11.6 Å². The topological polar surface area (TPSA) is 46.9 Å². The number of unbranched alkanes of at least 4 members (excludes halogenated alkanes) is 2. The minimum Gasteiger partial charge on any atom is -0.336 e. The molecule has 0 saturated heterocycles. The van der Waals surface area contributed by atoms with Gasteiger partial charge in [0.25, 0.3) is 0 Å². The summed E-state index contributed by atoms with van der Waals surface area (Å²) in [7, 11) is 0. The Morgan fingerprint density at radius 3 is 2.63 bits per heavy atom. The molecular formula is C23H25Cl2N3OS. The van der Waals surface area contributed by atoms with Crippen LogP contribution in [-0.2, 0) is 11.3 Å². The lowest BCUT2D eigenvalue weighted by molar-refractivity contribution is -0.116. The van der Waals surface area contributed by atoms with Crippen molar-refractivity contribution in [3.8, 4) is 0 Å². The number of nitrogens with one attached hydrogen (secondary N) is 1. The lowest BCUT2D eigenvalue weighted by Crippen LogP contribution is -2.10. The van der Waals surface area contributed by atoms with Crippen LogP contribution < -0.4 is 5.32 Å². The predicted octanol–water partition coefficient (Wildman–Crippen LogP) is 7.24. The van der Waals surface area contributed by atoms with Crippen molar-refractivity contribution < 1.29 is 4.79 Å². The average Bonchev–Trinajstić information content (AvgIpc) is 3.22. The molecule has 30 heavy (non-hydrogen) atoms. The minimum atomic E-state index is 0.0646. The number of hydrogen-bond donors (Lipinski definition) is 1. The fraction of sp³-hybridized carbons (Fsp3) is 0.304. The zero-order valence-corrected chi connectivity index (χ0v) is 19.2. The number of benzene rings is 2. The lowest BCUT2D eigenvalue weighted by Gasteiger charge is -2.19. The van der Waals surface area contributed by atoms with Gasteiger partial charge in [0.1, 0.15) is 0 Å². The average molecular weight is 462 g/mol. The number of nitrogens with zero attached hydrogens (tertiary/aromatic N) is 2. The van der Waals surface area contributed by atoms with E-state index in [-0.39, 0.29) is 11.2 Å². The van der Waals surface area contributed by atoms with Crippen molar-refractivity contribution in [1.29, 1.82) is 0 Å².